The highest BCUT2D eigenvalue weighted by molar-refractivity contribution is 5.53. The van der Waals surface area contributed by atoms with Gasteiger partial charge in [-0.2, -0.15) is 0 Å². The summed E-state index contributed by atoms with van der Waals surface area (Å²) in [6, 6.07) is 12.2. The molecule has 0 heterocycles. The summed E-state index contributed by atoms with van der Waals surface area (Å²) in [7, 11) is 1.65. The largest absolute Gasteiger partial charge is 0.508 e. The standard InChI is InChI=1S/C16H19NO3/c1-11(14-9-13(18)7-8-16(14)19)17-15-6-4-3-5-12(15)10-20-2/h3-9,11,17-19H,10H2,1-2H3. The fourth-order valence-corrected chi connectivity index (χ4v) is 2.14. The molecule has 2 aromatic carbocycles. The van der Waals surface area contributed by atoms with Gasteiger partial charge >= 0.3 is 0 Å². The Balaban J connectivity index is 2.23. The molecule has 0 radical (unpaired) electrons. The summed E-state index contributed by atoms with van der Waals surface area (Å²) in [6.07, 6.45) is 0. The van der Waals surface area contributed by atoms with E-state index < -0.39 is 0 Å². The maximum Gasteiger partial charge on any atom is 0.121 e. The number of benzene rings is 2. The van der Waals surface area contributed by atoms with Crippen molar-refractivity contribution >= 4 is 5.69 Å². The van der Waals surface area contributed by atoms with Gasteiger partial charge in [-0.3, -0.25) is 0 Å². The molecular weight excluding hydrogens is 254 g/mol. The number of para-hydroxylation sites is 1. The SMILES string of the molecule is COCc1ccccc1NC(C)c1cc(O)ccc1O. The minimum Gasteiger partial charge on any atom is -0.508 e. The Morgan fingerprint density at radius 2 is 1.90 bits per heavy atom. The van der Waals surface area contributed by atoms with Gasteiger partial charge in [-0.05, 0) is 31.2 Å². The van der Waals surface area contributed by atoms with E-state index in [0.717, 1.165) is 11.3 Å². The lowest BCUT2D eigenvalue weighted by Crippen LogP contribution is -2.09. The van der Waals surface area contributed by atoms with Crippen molar-refractivity contribution < 1.29 is 14.9 Å². The third-order valence-electron chi connectivity index (χ3n) is 3.17. The third kappa shape index (κ3) is 3.22. The zero-order valence-corrected chi connectivity index (χ0v) is 11.6. The third-order valence-corrected chi connectivity index (χ3v) is 3.17. The predicted molar refractivity (Wildman–Crippen MR) is 79.0 cm³/mol. The van der Waals surface area contributed by atoms with Crippen molar-refractivity contribution in [2.75, 3.05) is 12.4 Å². The number of phenolic OH excluding ortho intramolecular Hbond substituents is 2. The first-order valence-corrected chi connectivity index (χ1v) is 6.47. The van der Waals surface area contributed by atoms with Gasteiger partial charge in [0.1, 0.15) is 11.5 Å². The van der Waals surface area contributed by atoms with Crippen LogP contribution in [0.3, 0.4) is 0 Å². The van der Waals surface area contributed by atoms with E-state index in [1.807, 2.05) is 31.2 Å². The van der Waals surface area contributed by atoms with E-state index in [9.17, 15) is 10.2 Å². The number of aromatic hydroxyl groups is 2. The van der Waals surface area contributed by atoms with Crippen molar-refractivity contribution in [2.24, 2.45) is 0 Å². The molecule has 0 aliphatic heterocycles. The second-order valence-electron chi connectivity index (χ2n) is 4.70. The number of nitrogens with one attached hydrogen (secondary N) is 1. The highest BCUT2D eigenvalue weighted by Crippen LogP contribution is 2.30. The van der Waals surface area contributed by atoms with Gasteiger partial charge in [-0.25, -0.2) is 0 Å². The molecule has 0 aliphatic rings. The van der Waals surface area contributed by atoms with Crippen LogP contribution in [-0.4, -0.2) is 17.3 Å². The van der Waals surface area contributed by atoms with Gasteiger partial charge in [0.25, 0.3) is 0 Å². The highest BCUT2D eigenvalue weighted by Gasteiger charge is 2.12. The van der Waals surface area contributed by atoms with Crippen LogP contribution >= 0.6 is 0 Å². The van der Waals surface area contributed by atoms with Crippen LogP contribution in [0.5, 0.6) is 11.5 Å². The molecule has 2 aromatic rings. The van der Waals surface area contributed by atoms with Crippen molar-refractivity contribution in [3.05, 3.63) is 53.6 Å². The second kappa shape index (κ2) is 6.30. The summed E-state index contributed by atoms with van der Waals surface area (Å²) >= 11 is 0. The normalized spacial score (nSPS) is 12.1. The topological polar surface area (TPSA) is 61.7 Å². The molecule has 0 amide bonds. The quantitative estimate of drug-likeness (QED) is 0.730. The minimum absolute atomic E-state index is 0.136. The van der Waals surface area contributed by atoms with E-state index in [1.54, 1.807) is 13.2 Å². The molecule has 1 atom stereocenters. The molecule has 106 valence electrons. The Morgan fingerprint density at radius 1 is 1.15 bits per heavy atom. The Kier molecular flexibility index (Phi) is 4.48. The van der Waals surface area contributed by atoms with E-state index in [4.69, 9.17) is 4.74 Å². The molecule has 0 aliphatic carbocycles. The van der Waals surface area contributed by atoms with E-state index in [0.29, 0.717) is 12.2 Å². The van der Waals surface area contributed by atoms with Gasteiger partial charge in [-0.1, -0.05) is 18.2 Å². The van der Waals surface area contributed by atoms with Crippen LogP contribution in [-0.2, 0) is 11.3 Å². The highest BCUT2D eigenvalue weighted by atomic mass is 16.5. The molecule has 0 saturated heterocycles. The van der Waals surface area contributed by atoms with Crippen LogP contribution in [0, 0.1) is 0 Å². The fourth-order valence-electron chi connectivity index (χ4n) is 2.14. The molecule has 0 bridgehead atoms. The van der Waals surface area contributed by atoms with Gasteiger partial charge in [0.05, 0.1) is 12.6 Å². The van der Waals surface area contributed by atoms with E-state index in [2.05, 4.69) is 5.32 Å². The summed E-state index contributed by atoms with van der Waals surface area (Å²) in [5.74, 6) is 0.295. The van der Waals surface area contributed by atoms with Crippen molar-refractivity contribution in [1.82, 2.24) is 0 Å². The Hall–Kier alpha value is -2.20. The number of hydrogen-bond acceptors (Lipinski definition) is 4. The monoisotopic (exact) mass is 273 g/mol. The Labute approximate surface area is 118 Å². The molecule has 3 N–H and O–H groups in total. The first kappa shape index (κ1) is 14.2. The zero-order valence-electron chi connectivity index (χ0n) is 11.6. The van der Waals surface area contributed by atoms with Gasteiger partial charge in [0.15, 0.2) is 0 Å². The molecule has 0 fully saturated rings. The van der Waals surface area contributed by atoms with Crippen molar-refractivity contribution in [3.63, 3.8) is 0 Å². The number of hydrogen-bond donors (Lipinski definition) is 3. The fraction of sp³-hybridized carbons (Fsp3) is 0.250. The van der Waals surface area contributed by atoms with E-state index in [-0.39, 0.29) is 17.5 Å². The molecular formula is C16H19NO3. The van der Waals surface area contributed by atoms with Crippen molar-refractivity contribution in [1.29, 1.82) is 0 Å². The predicted octanol–water partition coefficient (Wildman–Crippen LogP) is 3.42. The molecule has 4 nitrogen and oxygen atoms in total. The van der Waals surface area contributed by atoms with Crippen LogP contribution in [0.15, 0.2) is 42.5 Å². The first-order valence-electron chi connectivity index (χ1n) is 6.47. The van der Waals surface area contributed by atoms with Crippen LogP contribution < -0.4 is 5.32 Å². The number of ether oxygens (including phenoxy) is 1. The average Bonchev–Trinajstić information content (AvgIpc) is 2.44. The number of phenols is 2. The average molecular weight is 273 g/mol. The Morgan fingerprint density at radius 3 is 2.65 bits per heavy atom. The van der Waals surface area contributed by atoms with E-state index in [1.165, 1.54) is 12.1 Å². The van der Waals surface area contributed by atoms with Crippen LogP contribution in [0.2, 0.25) is 0 Å². The van der Waals surface area contributed by atoms with Gasteiger partial charge in [-0.15, -0.1) is 0 Å². The lowest BCUT2D eigenvalue weighted by molar-refractivity contribution is 0.185. The molecule has 0 aromatic heterocycles. The second-order valence-corrected chi connectivity index (χ2v) is 4.70. The number of methoxy groups -OCH3 is 1. The molecule has 4 heteroatoms. The van der Waals surface area contributed by atoms with Gasteiger partial charge in [0, 0.05) is 23.9 Å². The zero-order chi connectivity index (χ0) is 14.5. The molecule has 1 unspecified atom stereocenters. The van der Waals surface area contributed by atoms with Gasteiger partial charge in [0.2, 0.25) is 0 Å². The summed E-state index contributed by atoms with van der Waals surface area (Å²) < 4.78 is 5.17. The minimum atomic E-state index is -0.139. The van der Waals surface area contributed by atoms with Crippen LogP contribution in [0.1, 0.15) is 24.1 Å². The Bertz CT molecular complexity index is 584. The lowest BCUT2D eigenvalue weighted by atomic mass is 10.1. The van der Waals surface area contributed by atoms with Crippen LogP contribution in [0.4, 0.5) is 5.69 Å². The van der Waals surface area contributed by atoms with Crippen molar-refractivity contribution in [3.8, 4) is 11.5 Å². The van der Waals surface area contributed by atoms with Crippen LogP contribution in [0.25, 0.3) is 0 Å². The first-order chi connectivity index (χ1) is 9.61. The molecule has 2 rings (SSSR count). The summed E-state index contributed by atoms with van der Waals surface area (Å²) in [6.45, 7) is 2.44. The molecule has 20 heavy (non-hydrogen) atoms. The summed E-state index contributed by atoms with van der Waals surface area (Å²) in [5.41, 5.74) is 2.64. The number of anilines is 1. The summed E-state index contributed by atoms with van der Waals surface area (Å²) in [5, 5.41) is 22.7. The van der Waals surface area contributed by atoms with Gasteiger partial charge < -0.3 is 20.3 Å². The maximum atomic E-state index is 9.88. The molecule has 0 spiro atoms. The number of rotatable bonds is 5. The summed E-state index contributed by atoms with van der Waals surface area (Å²) in [4.78, 5) is 0. The van der Waals surface area contributed by atoms with E-state index >= 15 is 0 Å². The maximum absolute atomic E-state index is 9.88. The smallest absolute Gasteiger partial charge is 0.121 e. The lowest BCUT2D eigenvalue weighted by Gasteiger charge is -2.19. The van der Waals surface area contributed by atoms with Crippen molar-refractivity contribution in [2.45, 2.75) is 19.6 Å². The molecule has 0 saturated carbocycles.